The number of para-hydroxylation sites is 3. The van der Waals surface area contributed by atoms with E-state index in [1.54, 1.807) is 6.20 Å². The highest BCUT2D eigenvalue weighted by molar-refractivity contribution is 7.26. The molecule has 0 N–H and O–H groups in total. The molecule has 0 atom stereocenters. The van der Waals surface area contributed by atoms with Gasteiger partial charge in [0.15, 0.2) is 0 Å². The molecule has 0 bridgehead atoms. The van der Waals surface area contributed by atoms with Crippen LogP contribution in [0.3, 0.4) is 0 Å². The molecule has 0 aliphatic heterocycles. The van der Waals surface area contributed by atoms with Gasteiger partial charge in [-0.3, -0.25) is 9.55 Å². The van der Waals surface area contributed by atoms with Crippen LogP contribution in [0.4, 0.5) is 0 Å². The summed E-state index contributed by atoms with van der Waals surface area (Å²) in [6.45, 7) is 0. The lowest BCUT2D eigenvalue weighted by Gasteiger charge is -2.11. The van der Waals surface area contributed by atoms with Gasteiger partial charge >= 0.3 is 0 Å². The summed E-state index contributed by atoms with van der Waals surface area (Å²) in [5.74, 6) is 0.879. The predicted molar refractivity (Wildman–Crippen MR) is 242 cm³/mol. The number of furan rings is 1. The summed E-state index contributed by atoms with van der Waals surface area (Å²) >= 11 is 1.84. The Morgan fingerprint density at radius 1 is 0.466 bits per heavy atom. The topological polar surface area (TPSA) is 48.8 Å². The van der Waals surface area contributed by atoms with Gasteiger partial charge in [0.05, 0.1) is 38.1 Å². The monoisotopic (exact) mass is 758 g/mol. The fraction of sp³-hybridized carbons (Fsp3) is 0. The molecule has 0 saturated carbocycles. The van der Waals surface area contributed by atoms with Gasteiger partial charge in [-0.15, -0.1) is 11.3 Å². The molecule has 0 spiro atoms. The van der Waals surface area contributed by atoms with E-state index >= 15 is 0 Å². The first-order valence-electron chi connectivity index (χ1n) is 19.5. The maximum absolute atomic E-state index is 6.64. The third kappa shape index (κ3) is 4.46. The minimum Gasteiger partial charge on any atom is -0.455 e. The van der Waals surface area contributed by atoms with E-state index in [-0.39, 0.29) is 0 Å². The molecule has 58 heavy (non-hydrogen) atoms. The van der Waals surface area contributed by atoms with Crippen molar-refractivity contribution in [3.05, 3.63) is 182 Å². The predicted octanol–water partition coefficient (Wildman–Crippen LogP) is 14.3. The molecule has 0 fully saturated rings. The van der Waals surface area contributed by atoms with Gasteiger partial charge in [0.25, 0.3) is 0 Å². The molecule has 13 aromatic rings. The lowest BCUT2D eigenvalue weighted by Crippen LogP contribution is -1.98. The largest absolute Gasteiger partial charge is 0.455 e. The molecule has 5 nitrogen and oxygen atoms in total. The van der Waals surface area contributed by atoms with Gasteiger partial charge in [0, 0.05) is 65.7 Å². The molecule has 0 unspecified atom stereocenters. The van der Waals surface area contributed by atoms with E-state index < -0.39 is 0 Å². The second-order valence-electron chi connectivity index (χ2n) is 15.0. The maximum atomic E-state index is 6.64. The first-order valence-corrected chi connectivity index (χ1v) is 20.3. The van der Waals surface area contributed by atoms with Crippen LogP contribution in [-0.2, 0) is 0 Å². The van der Waals surface area contributed by atoms with Crippen molar-refractivity contribution >= 4 is 97.1 Å². The van der Waals surface area contributed by atoms with E-state index in [1.807, 2.05) is 29.7 Å². The van der Waals surface area contributed by atoms with Gasteiger partial charge < -0.3 is 8.98 Å². The van der Waals surface area contributed by atoms with Crippen LogP contribution in [0.1, 0.15) is 0 Å². The Morgan fingerprint density at radius 2 is 1.12 bits per heavy atom. The maximum Gasteiger partial charge on any atom is 0.144 e. The molecule has 0 aliphatic rings. The van der Waals surface area contributed by atoms with Crippen LogP contribution in [0.2, 0.25) is 0 Å². The van der Waals surface area contributed by atoms with Crippen LogP contribution in [-0.4, -0.2) is 19.1 Å². The summed E-state index contributed by atoms with van der Waals surface area (Å²) in [6.07, 6.45) is 3.66. The van der Waals surface area contributed by atoms with Crippen molar-refractivity contribution in [2.45, 2.75) is 0 Å². The summed E-state index contributed by atoms with van der Waals surface area (Å²) in [7, 11) is 0. The number of nitrogens with zero attached hydrogens (tertiary/aromatic N) is 4. The van der Waals surface area contributed by atoms with Crippen LogP contribution in [0.15, 0.2) is 187 Å². The lowest BCUT2D eigenvalue weighted by atomic mass is 10.0. The SMILES string of the molecule is c1cncc(-c2cccc(-n3c4ccccc4c4cc(-c5ccc6c(c5)c5ccccc5n6-c5cc6c7ccccc7oc6c6c5sc5ccccc56)ccc43)n2)c1. The van der Waals surface area contributed by atoms with Crippen LogP contribution < -0.4 is 0 Å². The van der Waals surface area contributed by atoms with E-state index in [2.05, 4.69) is 172 Å². The first kappa shape index (κ1) is 31.6. The molecular formula is C52H30N4OS. The van der Waals surface area contributed by atoms with Crippen LogP contribution in [0, 0.1) is 0 Å². The molecule has 270 valence electrons. The summed E-state index contributed by atoms with van der Waals surface area (Å²) in [4.78, 5) is 9.46. The first-order chi connectivity index (χ1) is 28.8. The van der Waals surface area contributed by atoms with E-state index in [9.17, 15) is 0 Å². The third-order valence-corrected chi connectivity index (χ3v) is 13.0. The highest BCUT2D eigenvalue weighted by Crippen LogP contribution is 2.47. The fourth-order valence-corrected chi connectivity index (χ4v) is 10.5. The van der Waals surface area contributed by atoms with Gasteiger partial charge in [0.1, 0.15) is 17.0 Å². The fourth-order valence-electron chi connectivity index (χ4n) is 9.25. The average molecular weight is 759 g/mol. The smallest absolute Gasteiger partial charge is 0.144 e. The molecule has 0 radical (unpaired) electrons. The number of aromatic nitrogens is 4. The van der Waals surface area contributed by atoms with E-state index in [4.69, 9.17) is 9.40 Å². The lowest BCUT2D eigenvalue weighted by molar-refractivity contribution is 0.673. The molecule has 6 heteroatoms. The Balaban J connectivity index is 1.02. The number of rotatable bonds is 4. The Labute approximate surface area is 335 Å². The van der Waals surface area contributed by atoms with Crippen LogP contribution in [0.25, 0.3) is 120 Å². The van der Waals surface area contributed by atoms with Gasteiger partial charge in [-0.2, -0.15) is 0 Å². The second kappa shape index (κ2) is 12.0. The van der Waals surface area contributed by atoms with Crippen LogP contribution >= 0.6 is 11.3 Å². The van der Waals surface area contributed by atoms with E-state index in [0.717, 1.165) is 50.0 Å². The number of thiophene rings is 1. The molecule has 6 aromatic heterocycles. The zero-order chi connectivity index (χ0) is 37.9. The summed E-state index contributed by atoms with van der Waals surface area (Å²) in [5, 5.41) is 9.51. The molecule has 0 aliphatic carbocycles. The molecule has 13 rings (SSSR count). The normalized spacial score (nSPS) is 12.1. The quantitative estimate of drug-likeness (QED) is 0.180. The van der Waals surface area contributed by atoms with Crippen molar-refractivity contribution in [3.8, 4) is 33.9 Å². The molecule has 7 aromatic carbocycles. The summed E-state index contributed by atoms with van der Waals surface area (Å²) in [6, 6.07) is 60.9. The molecule has 0 amide bonds. The minimum absolute atomic E-state index is 0.879. The summed E-state index contributed by atoms with van der Waals surface area (Å²) < 4.78 is 13.9. The van der Waals surface area contributed by atoms with E-state index in [0.29, 0.717) is 0 Å². The zero-order valence-electron chi connectivity index (χ0n) is 30.9. The van der Waals surface area contributed by atoms with Gasteiger partial charge in [-0.1, -0.05) is 91.0 Å². The van der Waals surface area contributed by atoms with Gasteiger partial charge in [-0.25, -0.2) is 4.98 Å². The number of fused-ring (bicyclic) bond motifs is 13. The van der Waals surface area contributed by atoms with Crippen molar-refractivity contribution in [1.82, 2.24) is 19.1 Å². The van der Waals surface area contributed by atoms with Gasteiger partial charge in [0.2, 0.25) is 0 Å². The van der Waals surface area contributed by atoms with Crippen molar-refractivity contribution in [1.29, 1.82) is 0 Å². The van der Waals surface area contributed by atoms with Crippen molar-refractivity contribution in [3.63, 3.8) is 0 Å². The summed E-state index contributed by atoms with van der Waals surface area (Å²) in [5.41, 5.74) is 11.9. The zero-order valence-corrected chi connectivity index (χ0v) is 31.7. The highest BCUT2D eigenvalue weighted by Gasteiger charge is 2.22. The minimum atomic E-state index is 0.879. The van der Waals surface area contributed by atoms with Crippen LogP contribution in [0.5, 0.6) is 0 Å². The third-order valence-electron chi connectivity index (χ3n) is 11.8. The number of pyridine rings is 2. The molecular weight excluding hydrogens is 729 g/mol. The Kier molecular flexibility index (Phi) is 6.54. The average Bonchev–Trinajstić information content (AvgIpc) is 4.04. The van der Waals surface area contributed by atoms with E-state index in [1.165, 1.54) is 69.6 Å². The number of benzene rings is 7. The molecule has 0 saturated heterocycles. The van der Waals surface area contributed by atoms with Crippen molar-refractivity contribution in [2.24, 2.45) is 0 Å². The number of hydrogen-bond donors (Lipinski definition) is 0. The number of hydrogen-bond acceptors (Lipinski definition) is 4. The standard InChI is InChI=1S/C52H30N4OS/c1-5-17-42-34(12-1)38-27-31(32-23-25-45-39(28-32)35-13-2-6-18-43(35)56(45)49-21-9-16-41(54-49)33-11-10-26-53-30-33)22-24-44(38)55(42)46-29-40-36-14-3-7-19-47(36)57-51(40)50-37-15-4-8-20-48(37)58-52(46)50/h1-30H. The second-order valence-corrected chi connectivity index (χ2v) is 16.0. The van der Waals surface area contributed by atoms with Crippen molar-refractivity contribution < 1.29 is 4.42 Å². The van der Waals surface area contributed by atoms with Gasteiger partial charge in [-0.05, 0) is 90.0 Å². The Hall–Kier alpha value is -7.54. The Bertz CT molecular complexity index is 3810. The highest BCUT2D eigenvalue weighted by atomic mass is 32.1. The Morgan fingerprint density at radius 3 is 1.88 bits per heavy atom. The van der Waals surface area contributed by atoms with Crippen molar-refractivity contribution in [2.75, 3.05) is 0 Å². The molecule has 6 heterocycles.